The monoisotopic (exact) mass is 559 g/mol. The summed E-state index contributed by atoms with van der Waals surface area (Å²) < 4.78 is 45.0. The molecule has 1 saturated heterocycles. The lowest BCUT2D eigenvalue weighted by Crippen LogP contribution is -2.41. The molecule has 0 radical (unpaired) electrons. The Balaban J connectivity index is 1.52. The van der Waals surface area contributed by atoms with E-state index in [1.807, 2.05) is 71.0 Å². The smallest absolute Gasteiger partial charge is 0.497 e. The van der Waals surface area contributed by atoms with E-state index in [0.29, 0.717) is 46.2 Å². The van der Waals surface area contributed by atoms with Crippen LogP contribution in [-0.2, 0) is 15.9 Å². The molecule has 0 spiro atoms. The van der Waals surface area contributed by atoms with Crippen molar-refractivity contribution >= 4 is 29.2 Å². The topological polar surface area (TPSA) is 84.0 Å². The van der Waals surface area contributed by atoms with Crippen LogP contribution >= 0.6 is 0 Å². The molecule has 0 saturated carbocycles. The Morgan fingerprint density at radius 3 is 2.20 bits per heavy atom. The first-order valence-corrected chi connectivity index (χ1v) is 13.4. The Morgan fingerprint density at radius 2 is 1.54 bits per heavy atom. The van der Waals surface area contributed by atoms with Gasteiger partial charge in [-0.25, -0.2) is 4.39 Å². The average molecular weight is 559 g/mol. The lowest BCUT2D eigenvalue weighted by atomic mass is 9.77. The molecule has 10 heteroatoms. The highest BCUT2D eigenvalue weighted by Gasteiger charge is 2.52. The van der Waals surface area contributed by atoms with Gasteiger partial charge in [0.1, 0.15) is 23.1 Å². The normalized spacial score (nSPS) is 15.7. The van der Waals surface area contributed by atoms with Crippen LogP contribution in [-0.4, -0.2) is 49.8 Å². The van der Waals surface area contributed by atoms with Gasteiger partial charge in [-0.05, 0) is 70.5 Å². The predicted molar refractivity (Wildman–Crippen MR) is 159 cm³/mol. The summed E-state index contributed by atoms with van der Waals surface area (Å²) in [6.07, 6.45) is 0. The van der Waals surface area contributed by atoms with E-state index in [9.17, 15) is 0 Å². The highest BCUT2D eigenvalue weighted by Crippen LogP contribution is 2.39. The van der Waals surface area contributed by atoms with Crippen molar-refractivity contribution in [3.8, 4) is 28.4 Å². The largest absolute Gasteiger partial charge is 0.497 e. The minimum absolute atomic E-state index is 0.319. The summed E-state index contributed by atoms with van der Waals surface area (Å²) in [5.41, 5.74) is 1.76. The number of aromatic nitrogens is 2. The Hall–Kier alpha value is -3.89. The van der Waals surface area contributed by atoms with Crippen LogP contribution in [0.2, 0.25) is 0 Å². The molecule has 2 heterocycles. The van der Waals surface area contributed by atoms with Crippen molar-refractivity contribution in [2.45, 2.75) is 52.4 Å². The number of hydrogen-bond donors (Lipinski definition) is 1. The van der Waals surface area contributed by atoms with Gasteiger partial charge in [0.05, 0.1) is 43.8 Å². The number of nitrogens with one attached hydrogen (secondary N) is 1. The fraction of sp³-hybridized carbons (Fsp3) is 0.355. The molecule has 0 aliphatic carbocycles. The third-order valence-electron chi connectivity index (χ3n) is 8.05. The molecule has 1 N–H and O–H groups in total. The van der Waals surface area contributed by atoms with Crippen molar-refractivity contribution in [1.29, 1.82) is 0 Å². The van der Waals surface area contributed by atoms with Crippen molar-refractivity contribution in [3.63, 3.8) is 0 Å². The summed E-state index contributed by atoms with van der Waals surface area (Å²) in [4.78, 5) is 0. The summed E-state index contributed by atoms with van der Waals surface area (Å²) in [5, 5.41) is 13.8. The highest BCUT2D eigenvalue weighted by atomic mass is 19.1. The van der Waals surface area contributed by atoms with E-state index in [2.05, 4.69) is 15.5 Å². The van der Waals surface area contributed by atoms with Gasteiger partial charge in [-0.3, -0.25) is 0 Å². The van der Waals surface area contributed by atoms with Gasteiger partial charge in [-0.15, -0.1) is 5.10 Å². The molecular weight excluding hydrogens is 524 g/mol. The Labute approximate surface area is 240 Å². The molecule has 1 fully saturated rings. The van der Waals surface area contributed by atoms with Crippen molar-refractivity contribution < 1.29 is 27.9 Å². The van der Waals surface area contributed by atoms with Crippen molar-refractivity contribution in [2.24, 2.45) is 0 Å². The van der Waals surface area contributed by atoms with Gasteiger partial charge >= 0.3 is 7.12 Å². The van der Waals surface area contributed by atoms with Crippen LogP contribution in [0.1, 0.15) is 39.0 Å². The Kier molecular flexibility index (Phi) is 7.57. The maximum atomic E-state index is 16.3. The summed E-state index contributed by atoms with van der Waals surface area (Å²) in [5.74, 6) is 1.98. The summed E-state index contributed by atoms with van der Waals surface area (Å²) in [6.45, 7) is 10.1. The molecule has 1 aliphatic heterocycles. The Bertz CT molecular complexity index is 1590. The molecule has 8 nitrogen and oxygen atoms in total. The summed E-state index contributed by atoms with van der Waals surface area (Å²) >= 11 is 0. The molecule has 0 amide bonds. The summed E-state index contributed by atoms with van der Waals surface area (Å²) in [7, 11) is 3.92. The number of methoxy groups -OCH3 is 3. The first kappa shape index (κ1) is 28.6. The molecule has 0 bridgehead atoms. The molecule has 0 atom stereocenters. The van der Waals surface area contributed by atoms with Crippen LogP contribution in [0.25, 0.3) is 21.9 Å². The zero-order valence-electron chi connectivity index (χ0n) is 24.7. The van der Waals surface area contributed by atoms with Gasteiger partial charge in [-0.2, -0.15) is 5.10 Å². The van der Waals surface area contributed by atoms with Crippen molar-refractivity contribution in [2.75, 3.05) is 26.6 Å². The van der Waals surface area contributed by atoms with E-state index in [1.54, 1.807) is 26.4 Å². The fourth-order valence-electron chi connectivity index (χ4n) is 4.91. The minimum atomic E-state index is -0.844. The van der Waals surface area contributed by atoms with Crippen LogP contribution in [0.5, 0.6) is 17.2 Å². The van der Waals surface area contributed by atoms with E-state index in [0.717, 1.165) is 22.0 Å². The molecule has 3 aromatic carbocycles. The van der Waals surface area contributed by atoms with Gasteiger partial charge in [0.15, 0.2) is 5.82 Å². The number of ether oxygens (including phenoxy) is 3. The predicted octanol–water partition coefficient (Wildman–Crippen LogP) is 5.68. The number of hydrogen-bond acceptors (Lipinski definition) is 8. The van der Waals surface area contributed by atoms with Gasteiger partial charge in [-0.1, -0.05) is 12.1 Å². The van der Waals surface area contributed by atoms with Crippen molar-refractivity contribution in [3.05, 3.63) is 65.6 Å². The third-order valence-corrected chi connectivity index (χ3v) is 8.05. The number of benzene rings is 3. The number of halogens is 1. The van der Waals surface area contributed by atoms with Gasteiger partial charge in [0.2, 0.25) is 0 Å². The third kappa shape index (κ3) is 5.18. The molecular formula is C31H35BFN3O5. The molecule has 1 aromatic heterocycles. The molecule has 4 aromatic rings. The van der Waals surface area contributed by atoms with Crippen LogP contribution in [0.4, 0.5) is 10.2 Å². The SMILES string of the molecule is COc1ccc(CNc2nnc(C)c3cc(-c4c(OC)ccc(B5OC(C)(C)C(C)(C)O5)c4F)ccc23)c(OC)c1. The van der Waals surface area contributed by atoms with Gasteiger partial charge in [0, 0.05) is 34.4 Å². The molecule has 214 valence electrons. The molecule has 0 unspecified atom stereocenters. The lowest BCUT2D eigenvalue weighted by molar-refractivity contribution is 0.00578. The van der Waals surface area contributed by atoms with E-state index in [4.69, 9.17) is 23.5 Å². The van der Waals surface area contributed by atoms with Gasteiger partial charge < -0.3 is 28.8 Å². The van der Waals surface area contributed by atoms with Gasteiger partial charge in [0.25, 0.3) is 0 Å². The minimum Gasteiger partial charge on any atom is -0.497 e. The zero-order valence-corrected chi connectivity index (χ0v) is 24.7. The first-order chi connectivity index (χ1) is 19.5. The zero-order chi connectivity index (χ0) is 29.5. The van der Waals surface area contributed by atoms with Crippen molar-refractivity contribution in [1.82, 2.24) is 10.2 Å². The van der Waals surface area contributed by atoms with E-state index in [1.165, 1.54) is 7.11 Å². The van der Waals surface area contributed by atoms with Crippen LogP contribution in [0.3, 0.4) is 0 Å². The number of aryl methyl sites for hydroxylation is 1. The number of nitrogens with zero attached hydrogens (tertiary/aromatic N) is 2. The maximum absolute atomic E-state index is 16.3. The van der Waals surface area contributed by atoms with Crippen LogP contribution in [0, 0.1) is 12.7 Å². The molecule has 5 rings (SSSR count). The number of rotatable bonds is 8. The Morgan fingerprint density at radius 1 is 0.829 bits per heavy atom. The molecule has 41 heavy (non-hydrogen) atoms. The van der Waals surface area contributed by atoms with Crippen LogP contribution in [0.15, 0.2) is 48.5 Å². The second-order valence-corrected chi connectivity index (χ2v) is 11.1. The second-order valence-electron chi connectivity index (χ2n) is 11.1. The quantitative estimate of drug-likeness (QED) is 0.276. The second kappa shape index (κ2) is 10.8. The maximum Gasteiger partial charge on any atom is 0.497 e. The van der Waals surface area contributed by atoms with E-state index < -0.39 is 24.1 Å². The lowest BCUT2D eigenvalue weighted by Gasteiger charge is -2.32. The fourth-order valence-corrected chi connectivity index (χ4v) is 4.91. The summed E-state index contributed by atoms with van der Waals surface area (Å²) in [6, 6.07) is 14.7. The van der Waals surface area contributed by atoms with E-state index >= 15 is 4.39 Å². The number of anilines is 1. The van der Waals surface area contributed by atoms with Crippen LogP contribution < -0.4 is 25.0 Å². The van der Waals surface area contributed by atoms with E-state index in [-0.39, 0.29) is 0 Å². The first-order valence-electron chi connectivity index (χ1n) is 13.4. The highest BCUT2D eigenvalue weighted by molar-refractivity contribution is 6.62. The average Bonchev–Trinajstić information content (AvgIpc) is 3.18. The standard InChI is InChI=1S/C31H35BFN3O5/c1-18-23-15-19(27-25(38-7)14-13-24(28(27)33)32-40-30(2,3)31(4,5)41-32)10-12-22(23)29(36-35-18)34-17-20-9-11-21(37-6)16-26(20)39-8/h9-16H,17H2,1-8H3,(H,34,36). The number of fused-ring (bicyclic) bond motifs is 1. The molecule has 1 aliphatic rings.